The molecule has 0 aliphatic rings. The van der Waals surface area contributed by atoms with Crippen molar-refractivity contribution in [1.82, 2.24) is 0 Å². The SMILES string of the molecule is CCC.Cc1ccc(B(OC(C)C)OC(C)C)cc1OC(C)N. The van der Waals surface area contributed by atoms with E-state index in [4.69, 9.17) is 19.8 Å². The Morgan fingerprint density at radius 3 is 1.87 bits per heavy atom. The molecular formula is C18H34BNO3. The van der Waals surface area contributed by atoms with Crippen molar-refractivity contribution in [1.29, 1.82) is 0 Å². The van der Waals surface area contributed by atoms with E-state index in [0.29, 0.717) is 0 Å². The zero-order chi connectivity index (χ0) is 18.0. The molecule has 0 aromatic heterocycles. The fraction of sp³-hybridized carbons (Fsp3) is 0.667. The molecule has 1 rings (SSSR count). The van der Waals surface area contributed by atoms with Crippen LogP contribution in [0, 0.1) is 6.92 Å². The van der Waals surface area contributed by atoms with Crippen molar-refractivity contribution in [3.8, 4) is 5.75 Å². The lowest BCUT2D eigenvalue weighted by atomic mass is 9.77. The zero-order valence-electron chi connectivity index (χ0n) is 16.1. The molecule has 0 saturated carbocycles. The monoisotopic (exact) mass is 323 g/mol. The van der Waals surface area contributed by atoms with Gasteiger partial charge in [0.25, 0.3) is 0 Å². The molecule has 0 amide bonds. The van der Waals surface area contributed by atoms with Gasteiger partial charge in [0, 0.05) is 12.2 Å². The van der Waals surface area contributed by atoms with Gasteiger partial charge in [0.1, 0.15) is 12.0 Å². The van der Waals surface area contributed by atoms with Crippen LogP contribution in [0.3, 0.4) is 0 Å². The Balaban J connectivity index is 0.00000149. The van der Waals surface area contributed by atoms with Crippen molar-refractivity contribution in [3.63, 3.8) is 0 Å². The number of benzene rings is 1. The van der Waals surface area contributed by atoms with Crippen LogP contribution in [0.5, 0.6) is 5.75 Å². The van der Waals surface area contributed by atoms with Crippen LogP contribution in [0.25, 0.3) is 0 Å². The minimum atomic E-state index is -0.397. The van der Waals surface area contributed by atoms with Gasteiger partial charge in [-0.2, -0.15) is 0 Å². The second-order valence-electron chi connectivity index (χ2n) is 6.26. The van der Waals surface area contributed by atoms with Gasteiger partial charge in [-0.3, -0.25) is 5.73 Å². The van der Waals surface area contributed by atoms with Crippen LogP contribution in [0.4, 0.5) is 0 Å². The zero-order valence-corrected chi connectivity index (χ0v) is 16.1. The predicted octanol–water partition coefficient (Wildman–Crippen LogP) is 3.64. The van der Waals surface area contributed by atoms with E-state index in [-0.39, 0.29) is 18.4 Å². The van der Waals surface area contributed by atoms with Crippen molar-refractivity contribution in [2.24, 2.45) is 5.73 Å². The van der Waals surface area contributed by atoms with E-state index in [2.05, 4.69) is 13.8 Å². The van der Waals surface area contributed by atoms with Crippen LogP contribution in [-0.4, -0.2) is 25.6 Å². The standard InChI is InChI=1S/C15H26BNO3.C3H8/c1-10(2)19-16(20-11(3)4)14-8-7-12(5)15(9-14)18-13(6)17;1-3-2/h7-11,13H,17H2,1-6H3;3H2,1-2H3. The van der Waals surface area contributed by atoms with Gasteiger partial charge in [-0.05, 0) is 58.6 Å². The third-order valence-corrected chi connectivity index (χ3v) is 2.59. The minimum absolute atomic E-state index is 0.0813. The van der Waals surface area contributed by atoms with Gasteiger partial charge in [0.15, 0.2) is 0 Å². The number of nitrogens with two attached hydrogens (primary N) is 1. The first kappa shape index (κ1) is 22.0. The molecule has 1 unspecified atom stereocenters. The predicted molar refractivity (Wildman–Crippen MR) is 99.3 cm³/mol. The summed E-state index contributed by atoms with van der Waals surface area (Å²) in [6.07, 6.45) is 1.06. The molecule has 0 bridgehead atoms. The minimum Gasteiger partial charge on any atom is -0.476 e. The molecule has 0 aliphatic carbocycles. The van der Waals surface area contributed by atoms with E-state index in [1.807, 2.05) is 52.8 Å². The average molecular weight is 323 g/mol. The van der Waals surface area contributed by atoms with Crippen molar-refractivity contribution in [2.45, 2.75) is 80.2 Å². The first-order valence-corrected chi connectivity index (χ1v) is 8.54. The topological polar surface area (TPSA) is 53.7 Å². The second-order valence-corrected chi connectivity index (χ2v) is 6.26. The molecule has 1 aromatic rings. The van der Waals surface area contributed by atoms with E-state index < -0.39 is 7.12 Å². The molecule has 0 radical (unpaired) electrons. The van der Waals surface area contributed by atoms with Gasteiger partial charge >= 0.3 is 7.12 Å². The van der Waals surface area contributed by atoms with Crippen molar-refractivity contribution >= 4 is 12.6 Å². The summed E-state index contributed by atoms with van der Waals surface area (Å²) in [6.45, 7) is 16.0. The highest BCUT2D eigenvalue weighted by molar-refractivity contribution is 6.61. The normalized spacial score (nSPS) is 12.0. The van der Waals surface area contributed by atoms with Crippen LogP contribution in [-0.2, 0) is 9.31 Å². The Morgan fingerprint density at radius 1 is 1.00 bits per heavy atom. The fourth-order valence-corrected chi connectivity index (χ4v) is 1.77. The Kier molecular flexibility index (Phi) is 11.0. The summed E-state index contributed by atoms with van der Waals surface area (Å²) in [7, 11) is -0.397. The molecule has 5 heteroatoms. The van der Waals surface area contributed by atoms with E-state index in [1.165, 1.54) is 6.42 Å². The maximum atomic E-state index is 5.84. The highest BCUT2D eigenvalue weighted by Gasteiger charge is 2.25. The van der Waals surface area contributed by atoms with E-state index >= 15 is 0 Å². The van der Waals surface area contributed by atoms with Crippen LogP contribution >= 0.6 is 0 Å². The van der Waals surface area contributed by atoms with Crippen LogP contribution < -0.4 is 15.9 Å². The van der Waals surface area contributed by atoms with Crippen molar-refractivity contribution in [3.05, 3.63) is 23.8 Å². The van der Waals surface area contributed by atoms with Crippen molar-refractivity contribution < 1.29 is 14.0 Å². The molecule has 1 atom stereocenters. The third kappa shape index (κ3) is 9.64. The summed E-state index contributed by atoms with van der Waals surface area (Å²) in [6, 6.07) is 5.93. The molecule has 23 heavy (non-hydrogen) atoms. The Hall–Kier alpha value is -1.04. The Morgan fingerprint density at radius 2 is 1.48 bits per heavy atom. The van der Waals surface area contributed by atoms with Crippen molar-refractivity contribution in [2.75, 3.05) is 0 Å². The highest BCUT2D eigenvalue weighted by atomic mass is 16.6. The van der Waals surface area contributed by atoms with E-state index in [9.17, 15) is 0 Å². The van der Waals surface area contributed by atoms with E-state index in [1.54, 1.807) is 6.92 Å². The van der Waals surface area contributed by atoms with E-state index in [0.717, 1.165) is 16.8 Å². The average Bonchev–Trinajstić information content (AvgIpc) is 2.40. The molecule has 132 valence electrons. The fourth-order valence-electron chi connectivity index (χ4n) is 1.77. The molecule has 1 aromatic carbocycles. The molecule has 0 spiro atoms. The maximum Gasteiger partial charge on any atom is 0.494 e. The lowest BCUT2D eigenvalue weighted by Crippen LogP contribution is -2.41. The van der Waals surface area contributed by atoms with Gasteiger partial charge in [0.2, 0.25) is 0 Å². The smallest absolute Gasteiger partial charge is 0.476 e. The van der Waals surface area contributed by atoms with Gasteiger partial charge in [-0.25, -0.2) is 0 Å². The second kappa shape index (κ2) is 11.5. The number of rotatable bonds is 7. The quantitative estimate of drug-likeness (QED) is 0.615. The summed E-state index contributed by atoms with van der Waals surface area (Å²) in [4.78, 5) is 0. The Bertz CT molecular complexity index is 426. The van der Waals surface area contributed by atoms with Crippen LogP contribution in [0.15, 0.2) is 18.2 Å². The summed E-state index contributed by atoms with van der Waals surface area (Å²) < 4.78 is 17.3. The summed E-state index contributed by atoms with van der Waals surface area (Å²) in [5, 5.41) is 0. The largest absolute Gasteiger partial charge is 0.494 e. The molecule has 0 heterocycles. The molecule has 2 N–H and O–H groups in total. The molecule has 4 nitrogen and oxygen atoms in total. The number of aryl methyl sites for hydroxylation is 1. The molecule has 0 saturated heterocycles. The molecule has 0 aliphatic heterocycles. The van der Waals surface area contributed by atoms with Gasteiger partial charge in [0.05, 0.1) is 0 Å². The first-order valence-electron chi connectivity index (χ1n) is 8.54. The lowest BCUT2D eigenvalue weighted by molar-refractivity contribution is 0.139. The first-order chi connectivity index (χ1) is 10.7. The molecule has 0 fully saturated rings. The highest BCUT2D eigenvalue weighted by Crippen LogP contribution is 2.17. The molecular weight excluding hydrogens is 289 g/mol. The number of hydrogen-bond donors (Lipinski definition) is 1. The van der Waals surface area contributed by atoms with Crippen LogP contribution in [0.2, 0.25) is 0 Å². The Labute approximate surface area is 142 Å². The summed E-state index contributed by atoms with van der Waals surface area (Å²) >= 11 is 0. The van der Waals surface area contributed by atoms with Gasteiger partial charge < -0.3 is 14.0 Å². The van der Waals surface area contributed by atoms with Crippen LogP contribution in [0.1, 0.15) is 60.5 Å². The van der Waals surface area contributed by atoms with Gasteiger partial charge in [-0.15, -0.1) is 0 Å². The van der Waals surface area contributed by atoms with Gasteiger partial charge in [-0.1, -0.05) is 32.4 Å². The maximum absolute atomic E-state index is 5.84. The summed E-state index contributed by atoms with van der Waals surface area (Å²) in [5.74, 6) is 0.766. The third-order valence-electron chi connectivity index (χ3n) is 2.59. The lowest BCUT2D eigenvalue weighted by Gasteiger charge is -2.21. The number of ether oxygens (including phenoxy) is 1. The summed E-state index contributed by atoms with van der Waals surface area (Å²) in [5.41, 5.74) is 7.68. The number of hydrogen-bond acceptors (Lipinski definition) is 4.